The molecule has 0 spiro atoms. The van der Waals surface area contributed by atoms with Crippen molar-refractivity contribution in [3.63, 3.8) is 0 Å². The largest absolute Gasteiger partial charge is 0.490 e. The number of alkyl halides is 3. The van der Waals surface area contributed by atoms with E-state index >= 15 is 0 Å². The van der Waals surface area contributed by atoms with E-state index in [4.69, 9.17) is 14.6 Å². The molecule has 0 saturated carbocycles. The lowest BCUT2D eigenvalue weighted by Crippen LogP contribution is -2.41. The zero-order valence-electron chi connectivity index (χ0n) is 17.1. The highest BCUT2D eigenvalue weighted by Crippen LogP contribution is 2.37. The Morgan fingerprint density at radius 1 is 1.19 bits per heavy atom. The van der Waals surface area contributed by atoms with E-state index in [2.05, 4.69) is 5.10 Å². The molecule has 11 heteroatoms. The minimum absolute atomic E-state index is 0.104. The fraction of sp³-hybridized carbons (Fsp3) is 0.550. The van der Waals surface area contributed by atoms with Gasteiger partial charge in [0.2, 0.25) is 0 Å². The number of carbonyl (C=O) groups is 2. The molecule has 1 aromatic carbocycles. The third-order valence-electron chi connectivity index (χ3n) is 5.49. The van der Waals surface area contributed by atoms with Crippen LogP contribution in [0.15, 0.2) is 29.4 Å². The fourth-order valence-corrected chi connectivity index (χ4v) is 3.84. The standard InChI is InChI=1S/C20H24F3N3O5/c1-12-16(11-17(27)28)26(24-18(12)20(21,22)23)13-3-5-14(6-4-13)31-15-7-9-25(10-8-15)19(29)30-2/h3-6,12,15-16H,7-11H2,1-2H3,(H,27,28)/t12-,16-/m0/s1. The number of methoxy groups -OCH3 is 1. The predicted molar refractivity (Wildman–Crippen MR) is 105 cm³/mol. The van der Waals surface area contributed by atoms with Crippen molar-refractivity contribution in [3.05, 3.63) is 24.3 Å². The molecule has 0 radical (unpaired) electrons. The van der Waals surface area contributed by atoms with Gasteiger partial charge in [0.05, 0.1) is 25.3 Å². The Morgan fingerprint density at radius 3 is 2.32 bits per heavy atom. The lowest BCUT2D eigenvalue weighted by molar-refractivity contribution is -0.137. The van der Waals surface area contributed by atoms with Crippen LogP contribution in [0.4, 0.5) is 23.7 Å². The molecule has 1 fully saturated rings. The number of hydrogen-bond donors (Lipinski definition) is 1. The molecular weight excluding hydrogens is 419 g/mol. The molecule has 2 atom stereocenters. The number of aliphatic carboxylic acids is 1. The van der Waals surface area contributed by atoms with Crippen LogP contribution < -0.4 is 9.75 Å². The Kier molecular flexibility index (Phi) is 6.61. The summed E-state index contributed by atoms with van der Waals surface area (Å²) in [6.07, 6.45) is -4.33. The van der Waals surface area contributed by atoms with E-state index < -0.39 is 36.2 Å². The molecule has 170 valence electrons. The van der Waals surface area contributed by atoms with Gasteiger partial charge >= 0.3 is 18.2 Å². The number of rotatable bonds is 5. The quantitative estimate of drug-likeness (QED) is 0.749. The average molecular weight is 443 g/mol. The summed E-state index contributed by atoms with van der Waals surface area (Å²) in [5.74, 6) is -1.74. The third kappa shape index (κ3) is 5.20. The monoisotopic (exact) mass is 443 g/mol. The van der Waals surface area contributed by atoms with Crippen LogP contribution in [0.25, 0.3) is 0 Å². The fourth-order valence-electron chi connectivity index (χ4n) is 3.84. The van der Waals surface area contributed by atoms with Gasteiger partial charge in [0.15, 0.2) is 0 Å². The van der Waals surface area contributed by atoms with Gasteiger partial charge in [-0.3, -0.25) is 9.80 Å². The number of nitrogens with zero attached hydrogens (tertiary/aromatic N) is 3. The Morgan fingerprint density at radius 2 is 1.81 bits per heavy atom. The zero-order valence-corrected chi connectivity index (χ0v) is 17.1. The molecule has 31 heavy (non-hydrogen) atoms. The molecule has 0 aromatic heterocycles. The molecule has 2 aliphatic heterocycles. The van der Waals surface area contributed by atoms with E-state index in [0.29, 0.717) is 37.4 Å². The molecule has 0 bridgehead atoms. The second-order valence-electron chi connectivity index (χ2n) is 7.55. The molecule has 3 rings (SSSR count). The summed E-state index contributed by atoms with van der Waals surface area (Å²) in [6.45, 7) is 2.35. The van der Waals surface area contributed by atoms with Crippen molar-refractivity contribution in [2.45, 2.75) is 44.5 Å². The van der Waals surface area contributed by atoms with E-state index in [0.717, 1.165) is 5.01 Å². The maximum atomic E-state index is 13.3. The summed E-state index contributed by atoms with van der Waals surface area (Å²) in [5.41, 5.74) is -0.637. The van der Waals surface area contributed by atoms with Gasteiger partial charge in [-0.25, -0.2) is 4.79 Å². The van der Waals surface area contributed by atoms with Crippen molar-refractivity contribution >= 4 is 23.5 Å². The number of halogens is 3. The topological polar surface area (TPSA) is 91.7 Å². The molecule has 8 nitrogen and oxygen atoms in total. The first-order valence-electron chi connectivity index (χ1n) is 9.86. The van der Waals surface area contributed by atoms with E-state index in [1.54, 1.807) is 29.2 Å². The van der Waals surface area contributed by atoms with E-state index in [-0.39, 0.29) is 12.2 Å². The minimum Gasteiger partial charge on any atom is -0.490 e. The van der Waals surface area contributed by atoms with Crippen LogP contribution >= 0.6 is 0 Å². The predicted octanol–water partition coefficient (Wildman–Crippen LogP) is 3.51. The normalized spacial score (nSPS) is 22.3. The molecule has 0 aliphatic carbocycles. The Labute approximate surface area is 177 Å². The summed E-state index contributed by atoms with van der Waals surface area (Å²) >= 11 is 0. The molecule has 0 unspecified atom stereocenters. The second kappa shape index (κ2) is 9.03. The minimum atomic E-state index is -4.63. The van der Waals surface area contributed by atoms with Gasteiger partial charge in [0.25, 0.3) is 0 Å². The van der Waals surface area contributed by atoms with Crippen molar-refractivity contribution < 1.29 is 37.3 Å². The van der Waals surface area contributed by atoms with Crippen molar-refractivity contribution in [1.29, 1.82) is 0 Å². The summed E-state index contributed by atoms with van der Waals surface area (Å²) in [6, 6.07) is 5.41. The van der Waals surface area contributed by atoms with Crippen LogP contribution in [0.1, 0.15) is 26.2 Å². The number of amides is 1. The van der Waals surface area contributed by atoms with Crippen LogP contribution in [0.2, 0.25) is 0 Å². The first-order valence-corrected chi connectivity index (χ1v) is 9.86. The van der Waals surface area contributed by atoms with Gasteiger partial charge < -0.3 is 19.5 Å². The number of carbonyl (C=O) groups excluding carboxylic acids is 1. The Bertz CT molecular complexity index is 835. The van der Waals surface area contributed by atoms with Crippen molar-refractivity contribution in [2.75, 3.05) is 25.2 Å². The second-order valence-corrected chi connectivity index (χ2v) is 7.55. The van der Waals surface area contributed by atoms with Gasteiger partial charge in [-0.1, -0.05) is 6.92 Å². The summed E-state index contributed by atoms with van der Waals surface area (Å²) in [4.78, 5) is 24.3. The lowest BCUT2D eigenvalue weighted by atomic mass is 9.94. The highest BCUT2D eigenvalue weighted by molar-refractivity contribution is 5.95. The Balaban J connectivity index is 1.69. The van der Waals surface area contributed by atoms with Crippen molar-refractivity contribution in [2.24, 2.45) is 11.0 Å². The number of benzene rings is 1. The number of carboxylic acids is 1. The zero-order chi connectivity index (χ0) is 22.8. The van der Waals surface area contributed by atoms with Gasteiger partial charge in [0.1, 0.15) is 17.6 Å². The van der Waals surface area contributed by atoms with Gasteiger partial charge in [-0.15, -0.1) is 0 Å². The van der Waals surface area contributed by atoms with E-state index in [1.807, 2.05) is 0 Å². The van der Waals surface area contributed by atoms with Crippen LogP contribution in [-0.2, 0) is 9.53 Å². The number of likely N-dealkylation sites (tertiary alicyclic amines) is 1. The van der Waals surface area contributed by atoms with Gasteiger partial charge in [-0.2, -0.15) is 18.3 Å². The van der Waals surface area contributed by atoms with Crippen LogP contribution in [0, 0.1) is 5.92 Å². The molecule has 1 saturated heterocycles. The number of ether oxygens (including phenoxy) is 2. The SMILES string of the molecule is COC(=O)N1CCC(Oc2ccc(N3N=C(C(F)(F)F)[C@@H](C)[C@@H]3CC(=O)O)cc2)CC1. The number of piperidine rings is 1. The van der Waals surface area contributed by atoms with E-state index in [1.165, 1.54) is 14.0 Å². The highest BCUT2D eigenvalue weighted by atomic mass is 19.4. The average Bonchev–Trinajstić information content (AvgIpc) is 3.04. The summed E-state index contributed by atoms with van der Waals surface area (Å²) in [5, 5.41) is 13.9. The van der Waals surface area contributed by atoms with Gasteiger partial charge in [-0.05, 0) is 24.3 Å². The maximum absolute atomic E-state index is 13.3. The first-order chi connectivity index (χ1) is 14.6. The number of hydrogen-bond acceptors (Lipinski definition) is 6. The van der Waals surface area contributed by atoms with Crippen molar-refractivity contribution in [1.82, 2.24) is 4.90 Å². The number of anilines is 1. The lowest BCUT2D eigenvalue weighted by Gasteiger charge is -2.31. The Hall–Kier alpha value is -2.98. The number of hydrazone groups is 1. The molecule has 2 heterocycles. The highest BCUT2D eigenvalue weighted by Gasteiger charge is 2.48. The van der Waals surface area contributed by atoms with Crippen LogP contribution in [-0.4, -0.2) is 66.3 Å². The number of carboxylic acid groups (broad SMARTS) is 1. The summed E-state index contributed by atoms with van der Waals surface area (Å²) in [7, 11) is 1.33. The maximum Gasteiger partial charge on any atom is 0.431 e. The molecule has 2 aliphatic rings. The molecule has 1 amide bonds. The van der Waals surface area contributed by atoms with E-state index in [9.17, 15) is 22.8 Å². The van der Waals surface area contributed by atoms with Crippen molar-refractivity contribution in [3.8, 4) is 5.75 Å². The first kappa shape index (κ1) is 22.7. The van der Waals surface area contributed by atoms with Gasteiger partial charge in [0, 0.05) is 31.8 Å². The molecule has 1 aromatic rings. The third-order valence-corrected chi connectivity index (χ3v) is 5.49. The molecule has 1 N–H and O–H groups in total. The van der Waals surface area contributed by atoms with Crippen LogP contribution in [0.5, 0.6) is 5.75 Å². The van der Waals surface area contributed by atoms with Crippen LogP contribution in [0.3, 0.4) is 0 Å². The summed E-state index contributed by atoms with van der Waals surface area (Å²) < 4.78 is 50.4. The molecular formula is C20H24F3N3O5. The smallest absolute Gasteiger partial charge is 0.431 e.